The molecule has 0 spiro atoms. The Hall–Kier alpha value is -5.34. The van der Waals surface area contributed by atoms with Crippen LogP contribution in [0.1, 0.15) is 364 Å². The normalized spacial score (nSPS) is 12.7. The van der Waals surface area contributed by atoms with Gasteiger partial charge in [-0.1, -0.05) is 383 Å². The van der Waals surface area contributed by atoms with Gasteiger partial charge in [0.1, 0.15) is 0 Å². The van der Waals surface area contributed by atoms with E-state index in [1.54, 1.807) is 0 Å². The van der Waals surface area contributed by atoms with Crippen LogP contribution >= 0.6 is 0 Å². The Balaban J connectivity index is 0.000000619. The summed E-state index contributed by atoms with van der Waals surface area (Å²) in [6.45, 7) is 81.3. The van der Waals surface area contributed by atoms with E-state index in [0.29, 0.717) is 50.7 Å². The van der Waals surface area contributed by atoms with Gasteiger partial charge in [0.05, 0.1) is 0 Å². The lowest BCUT2D eigenvalue weighted by Gasteiger charge is -2.22. The van der Waals surface area contributed by atoms with Crippen LogP contribution in [0.25, 0.3) is 0 Å². The Morgan fingerprint density at radius 2 is 0.485 bits per heavy atom. The Kier molecular flexibility index (Phi) is 37.7. The number of ketones is 2. The summed E-state index contributed by atoms with van der Waals surface area (Å²) in [7, 11) is 0. The number of Topliss-reactive ketones (excluding diaryl/α,β-unsaturated/α-hetero) is 2. The van der Waals surface area contributed by atoms with Gasteiger partial charge in [0.2, 0.25) is 0 Å². The Labute approximate surface area is 640 Å². The third-order valence-electron chi connectivity index (χ3n) is 16.8. The first-order valence-electron chi connectivity index (χ1n) is 39.9. The first-order chi connectivity index (χ1) is 46.3. The molecule has 0 saturated heterocycles. The molecule has 0 aromatic heterocycles. The third-order valence-corrected chi connectivity index (χ3v) is 16.8. The standard InChI is InChI=1S/C18H28O.C18H30.C17H26O.C17H28.C16H26.C15H24/c1-17(2,3)11-10-16(19)15-9-7-8-14(12-15)13-18(4,5)6;1-17(2,3)12-8-11-15-9-7-10-16(13-15)14-18(4,5)6;1-16(2,3)11-13-8-7-9-14(10-13)15(18)12-17(4,5)6;1-16(2,3)11-10-14-8-7-9-15(12-14)13-17(4,5)6;1-15(2,3)11-13-8-7-9-14(10-13)12-16(4,5)6;1-14(2,3)11-12-8-7-9-13(10-12)15(4,5)6/h7-9,12H,10-11,13H2,1-6H3;7,9-10,13H,8,11-12,14H2,1-6H3;7-10H,11-12H2,1-6H3;7-9,12H,10-11,13H2,1-6H3;7-10H,11-12H2,1-6H3;7-10H,11H2,1-6H3. The Morgan fingerprint density at radius 3 is 0.777 bits per heavy atom. The average Bonchev–Trinajstić information content (AvgIpc) is 0.862. The fraction of sp³-hybridized carbons (Fsp3) is 0.624. The number of hydrogen-bond donors (Lipinski definition) is 0. The number of benzene rings is 6. The highest BCUT2D eigenvalue weighted by atomic mass is 16.1. The number of carbonyl (C=O) groups is 2. The second-order valence-electron chi connectivity index (χ2n) is 45.1. The molecule has 0 saturated carbocycles. The molecule has 103 heavy (non-hydrogen) atoms. The molecule has 2 heteroatoms. The van der Waals surface area contributed by atoms with Crippen LogP contribution in [0.3, 0.4) is 0 Å². The zero-order valence-corrected chi connectivity index (χ0v) is 74.3. The van der Waals surface area contributed by atoms with E-state index in [1.807, 2.05) is 24.3 Å². The zero-order valence-electron chi connectivity index (χ0n) is 74.3. The largest absolute Gasteiger partial charge is 0.294 e. The van der Waals surface area contributed by atoms with Crippen molar-refractivity contribution in [3.63, 3.8) is 0 Å². The van der Waals surface area contributed by atoms with Gasteiger partial charge < -0.3 is 0 Å². The van der Waals surface area contributed by atoms with Gasteiger partial charge in [-0.05, 0) is 216 Å². The van der Waals surface area contributed by atoms with E-state index >= 15 is 0 Å². The maximum absolute atomic E-state index is 12.2. The molecule has 0 heterocycles. The summed E-state index contributed by atoms with van der Waals surface area (Å²) in [6.07, 6.45) is 16.3. The van der Waals surface area contributed by atoms with Crippen LogP contribution in [-0.4, -0.2) is 11.6 Å². The number of aryl methyl sites for hydroxylation is 2. The summed E-state index contributed by atoms with van der Waals surface area (Å²) < 4.78 is 0. The molecule has 0 bridgehead atoms. The van der Waals surface area contributed by atoms with Crippen molar-refractivity contribution >= 4 is 11.6 Å². The number of carbonyl (C=O) groups excluding carboxylic acids is 2. The Morgan fingerprint density at radius 1 is 0.233 bits per heavy atom. The maximum Gasteiger partial charge on any atom is 0.163 e. The lowest BCUT2D eigenvalue weighted by atomic mass is 9.83. The van der Waals surface area contributed by atoms with Crippen LogP contribution < -0.4 is 0 Å². The zero-order chi connectivity index (χ0) is 79.7. The second-order valence-corrected chi connectivity index (χ2v) is 45.1. The van der Waals surface area contributed by atoms with E-state index in [1.165, 1.54) is 94.2 Å². The van der Waals surface area contributed by atoms with Gasteiger partial charge in [0, 0.05) is 24.0 Å². The van der Waals surface area contributed by atoms with E-state index < -0.39 is 0 Å². The molecule has 578 valence electrons. The molecule has 0 radical (unpaired) electrons. The fourth-order valence-corrected chi connectivity index (χ4v) is 12.3. The SMILES string of the molecule is CC(C)(C)CC(=O)c1cccc(CC(C)(C)C)c1.CC(C)(C)CCC(=O)c1cccc(CC(C)(C)C)c1.CC(C)(C)CCCc1cccc(CC(C)(C)C)c1.CC(C)(C)CCc1cccc(CC(C)(C)C)c1.CC(C)(C)Cc1cccc(C(C)(C)C)c1.CC(C)(C)Cc1cccc(CC(C)(C)C)c1. The smallest absolute Gasteiger partial charge is 0.163 e. The summed E-state index contributed by atoms with van der Waals surface area (Å²) >= 11 is 0. The van der Waals surface area contributed by atoms with Gasteiger partial charge in [-0.3, -0.25) is 9.59 Å². The lowest BCUT2D eigenvalue weighted by molar-refractivity contribution is 0.0937. The molecule has 0 N–H and O–H groups in total. The molecule has 0 aliphatic rings. The van der Waals surface area contributed by atoms with Gasteiger partial charge >= 0.3 is 0 Å². The van der Waals surface area contributed by atoms with Gasteiger partial charge in [0.15, 0.2) is 11.6 Å². The third kappa shape index (κ3) is 53.1. The number of rotatable bonds is 17. The molecule has 0 amide bonds. The minimum absolute atomic E-state index is 0.0527. The minimum Gasteiger partial charge on any atom is -0.294 e. The van der Waals surface area contributed by atoms with Crippen molar-refractivity contribution in [2.24, 2.45) is 59.6 Å². The van der Waals surface area contributed by atoms with Crippen molar-refractivity contribution in [2.75, 3.05) is 0 Å². The molecule has 0 aliphatic carbocycles. The molecule has 6 aromatic carbocycles. The van der Waals surface area contributed by atoms with E-state index in [-0.39, 0.29) is 38.6 Å². The fourth-order valence-electron chi connectivity index (χ4n) is 12.3. The van der Waals surface area contributed by atoms with Crippen LogP contribution in [0.5, 0.6) is 0 Å². The van der Waals surface area contributed by atoms with E-state index in [4.69, 9.17) is 0 Å². The van der Waals surface area contributed by atoms with E-state index in [0.717, 1.165) is 56.1 Å². The summed E-state index contributed by atoms with van der Waals surface area (Å²) in [6, 6.07) is 52.5. The topological polar surface area (TPSA) is 34.1 Å². The minimum atomic E-state index is 0.0527. The van der Waals surface area contributed by atoms with Crippen LogP contribution in [-0.2, 0) is 63.2 Å². The van der Waals surface area contributed by atoms with Crippen molar-refractivity contribution in [3.8, 4) is 0 Å². The number of hydrogen-bond acceptors (Lipinski definition) is 2. The highest BCUT2D eigenvalue weighted by molar-refractivity contribution is 5.97. The molecule has 0 aliphatic heterocycles. The van der Waals surface area contributed by atoms with Gasteiger partial charge in [-0.25, -0.2) is 0 Å². The molecule has 6 aromatic rings. The van der Waals surface area contributed by atoms with Crippen LogP contribution in [0.4, 0.5) is 0 Å². The van der Waals surface area contributed by atoms with Gasteiger partial charge in [-0.2, -0.15) is 0 Å². The summed E-state index contributed by atoms with van der Waals surface area (Å²) in [5.74, 6) is 0.518. The predicted molar refractivity (Wildman–Crippen MR) is 461 cm³/mol. The van der Waals surface area contributed by atoms with Crippen molar-refractivity contribution < 1.29 is 9.59 Å². The van der Waals surface area contributed by atoms with Crippen molar-refractivity contribution in [1.82, 2.24) is 0 Å². The average molecular weight is 1410 g/mol. The molecule has 0 fully saturated rings. The highest BCUT2D eigenvalue weighted by Crippen LogP contribution is 2.32. The summed E-state index contributed by atoms with van der Waals surface area (Å²) in [5.41, 5.74) is 19.8. The molecule has 6 rings (SSSR count). The molecular formula is C101H162O2. The first-order valence-corrected chi connectivity index (χ1v) is 39.9. The van der Waals surface area contributed by atoms with Crippen LogP contribution in [0, 0.1) is 59.6 Å². The van der Waals surface area contributed by atoms with Gasteiger partial charge in [0.25, 0.3) is 0 Å². The monoisotopic (exact) mass is 1410 g/mol. The first kappa shape index (κ1) is 95.7. The van der Waals surface area contributed by atoms with E-state index in [2.05, 4.69) is 371 Å². The predicted octanol–water partition coefficient (Wildman–Crippen LogP) is 30.5. The van der Waals surface area contributed by atoms with Gasteiger partial charge in [-0.15, -0.1) is 0 Å². The van der Waals surface area contributed by atoms with Crippen LogP contribution in [0.2, 0.25) is 0 Å². The molecule has 0 atom stereocenters. The quantitative estimate of drug-likeness (QED) is 0.0853. The van der Waals surface area contributed by atoms with Crippen molar-refractivity contribution in [1.29, 1.82) is 0 Å². The lowest BCUT2D eigenvalue weighted by Crippen LogP contribution is -2.14. The summed E-state index contributed by atoms with van der Waals surface area (Å²) in [5, 5.41) is 0. The summed E-state index contributed by atoms with van der Waals surface area (Å²) in [4.78, 5) is 24.4. The van der Waals surface area contributed by atoms with Crippen molar-refractivity contribution in [2.45, 2.75) is 351 Å². The second kappa shape index (κ2) is 40.6. The van der Waals surface area contributed by atoms with Crippen LogP contribution in [0.15, 0.2) is 146 Å². The maximum atomic E-state index is 12.2. The molecular weight excluding hydrogens is 1250 g/mol. The highest BCUT2D eigenvalue weighted by Gasteiger charge is 2.22. The molecule has 0 unspecified atom stereocenters. The van der Waals surface area contributed by atoms with Crippen molar-refractivity contribution in [3.05, 3.63) is 212 Å². The Bertz CT molecular complexity index is 3360. The van der Waals surface area contributed by atoms with E-state index in [9.17, 15) is 9.59 Å². The molecule has 2 nitrogen and oxygen atoms in total.